The van der Waals surface area contributed by atoms with Crippen molar-refractivity contribution in [3.8, 4) is 0 Å². The number of pyridine rings is 1. The molecule has 0 spiro atoms. The zero-order valence-corrected chi connectivity index (χ0v) is 14.4. The summed E-state index contributed by atoms with van der Waals surface area (Å²) in [6, 6.07) is 3.56. The van der Waals surface area contributed by atoms with E-state index in [0.29, 0.717) is 18.9 Å². The van der Waals surface area contributed by atoms with Gasteiger partial charge in [-0.05, 0) is 54.8 Å². The van der Waals surface area contributed by atoms with E-state index in [2.05, 4.69) is 31.5 Å². The molecule has 1 fully saturated rings. The van der Waals surface area contributed by atoms with Crippen LogP contribution in [0.25, 0.3) is 0 Å². The van der Waals surface area contributed by atoms with Crippen LogP contribution in [-0.4, -0.2) is 41.0 Å². The number of nitrogens with one attached hydrogen (secondary N) is 2. The molecule has 22 heavy (non-hydrogen) atoms. The van der Waals surface area contributed by atoms with E-state index >= 15 is 0 Å². The second kappa shape index (κ2) is 7.58. The lowest BCUT2D eigenvalue weighted by atomic mass is 9.97. The summed E-state index contributed by atoms with van der Waals surface area (Å²) in [4.78, 5) is 30.2. The van der Waals surface area contributed by atoms with Crippen molar-refractivity contribution >= 4 is 33.7 Å². The summed E-state index contributed by atoms with van der Waals surface area (Å²) in [5, 5.41) is 5.68. The zero-order valence-electron chi connectivity index (χ0n) is 12.8. The van der Waals surface area contributed by atoms with Crippen LogP contribution in [0.5, 0.6) is 0 Å². The molecule has 2 N–H and O–H groups in total. The van der Waals surface area contributed by atoms with Crippen LogP contribution in [-0.2, 0) is 4.79 Å². The molecule has 1 aromatic heterocycles. The Balaban J connectivity index is 1.92. The highest BCUT2D eigenvalue weighted by molar-refractivity contribution is 9.10. The molecule has 7 heteroatoms. The molecule has 0 radical (unpaired) electrons. The largest absolute Gasteiger partial charge is 0.336 e. The number of hydrogen-bond acceptors (Lipinski definition) is 3. The summed E-state index contributed by atoms with van der Waals surface area (Å²) in [6.07, 6.45) is 3.25. The number of nitrogens with zero attached hydrogens (tertiary/aromatic N) is 2. The van der Waals surface area contributed by atoms with Crippen LogP contribution in [0.3, 0.4) is 0 Å². The minimum Gasteiger partial charge on any atom is -0.336 e. The number of urea groups is 1. The highest BCUT2D eigenvalue weighted by Crippen LogP contribution is 2.19. The molecule has 0 aliphatic carbocycles. The summed E-state index contributed by atoms with van der Waals surface area (Å²) >= 11 is 3.31. The SMILES string of the molecule is CC(C)NC(=O)N1CCC[C@H](C(=O)Nc2ccc(Br)cn2)C1. The summed E-state index contributed by atoms with van der Waals surface area (Å²) < 4.78 is 0.861. The van der Waals surface area contributed by atoms with Gasteiger partial charge in [-0.3, -0.25) is 4.79 Å². The lowest BCUT2D eigenvalue weighted by Gasteiger charge is -2.32. The van der Waals surface area contributed by atoms with Crippen molar-refractivity contribution in [1.82, 2.24) is 15.2 Å². The molecule has 1 aliphatic heterocycles. The number of carbonyl (C=O) groups excluding carboxylic acids is 2. The van der Waals surface area contributed by atoms with E-state index < -0.39 is 0 Å². The maximum atomic E-state index is 12.3. The van der Waals surface area contributed by atoms with Crippen LogP contribution in [0.2, 0.25) is 0 Å². The van der Waals surface area contributed by atoms with E-state index in [4.69, 9.17) is 0 Å². The van der Waals surface area contributed by atoms with Crippen LogP contribution in [0.15, 0.2) is 22.8 Å². The van der Waals surface area contributed by atoms with Crippen molar-refractivity contribution in [2.75, 3.05) is 18.4 Å². The number of piperidine rings is 1. The van der Waals surface area contributed by atoms with Gasteiger partial charge in [0.2, 0.25) is 5.91 Å². The molecule has 1 aliphatic rings. The predicted octanol–water partition coefficient (Wildman–Crippen LogP) is 2.61. The molecule has 0 unspecified atom stereocenters. The Bertz CT molecular complexity index is 533. The maximum absolute atomic E-state index is 12.3. The monoisotopic (exact) mass is 368 g/mol. The van der Waals surface area contributed by atoms with Crippen molar-refractivity contribution in [3.05, 3.63) is 22.8 Å². The molecule has 2 rings (SSSR count). The first-order chi connectivity index (χ1) is 10.5. The number of hydrogen-bond donors (Lipinski definition) is 2. The van der Waals surface area contributed by atoms with Crippen molar-refractivity contribution in [1.29, 1.82) is 0 Å². The standard InChI is InChI=1S/C15H21BrN4O2/c1-10(2)18-15(22)20-7-3-4-11(9-20)14(21)19-13-6-5-12(16)8-17-13/h5-6,8,10-11H,3-4,7,9H2,1-2H3,(H,18,22)(H,17,19,21)/t11-/m0/s1. The fourth-order valence-corrected chi connectivity index (χ4v) is 2.63. The molecular weight excluding hydrogens is 348 g/mol. The molecule has 120 valence electrons. The fourth-order valence-electron chi connectivity index (χ4n) is 2.39. The molecular formula is C15H21BrN4O2. The maximum Gasteiger partial charge on any atom is 0.317 e. The van der Waals surface area contributed by atoms with Crippen LogP contribution >= 0.6 is 15.9 Å². The Morgan fingerprint density at radius 1 is 1.41 bits per heavy atom. The molecule has 1 atom stereocenters. The summed E-state index contributed by atoms with van der Waals surface area (Å²) in [5.41, 5.74) is 0. The average molecular weight is 369 g/mol. The Labute approximate surface area is 138 Å². The van der Waals surface area contributed by atoms with E-state index in [1.807, 2.05) is 19.9 Å². The lowest BCUT2D eigenvalue weighted by Crippen LogP contribution is -2.49. The predicted molar refractivity (Wildman–Crippen MR) is 88.5 cm³/mol. The van der Waals surface area contributed by atoms with Crippen LogP contribution in [0, 0.1) is 5.92 Å². The van der Waals surface area contributed by atoms with Gasteiger partial charge in [0.05, 0.1) is 5.92 Å². The molecule has 3 amide bonds. The summed E-state index contributed by atoms with van der Waals surface area (Å²) in [5.74, 6) is 0.242. The first kappa shape index (κ1) is 16.7. The van der Waals surface area contributed by atoms with Crippen LogP contribution in [0.1, 0.15) is 26.7 Å². The number of carbonyl (C=O) groups is 2. The Hall–Kier alpha value is -1.63. The van der Waals surface area contributed by atoms with Crippen LogP contribution < -0.4 is 10.6 Å². The topological polar surface area (TPSA) is 74.3 Å². The second-order valence-corrected chi connectivity index (χ2v) is 6.66. The first-order valence-corrected chi connectivity index (χ1v) is 8.23. The minimum atomic E-state index is -0.197. The smallest absolute Gasteiger partial charge is 0.317 e. The Kier molecular flexibility index (Phi) is 5.76. The molecule has 1 saturated heterocycles. The molecule has 1 aromatic rings. The van der Waals surface area contributed by atoms with Gasteiger partial charge in [-0.15, -0.1) is 0 Å². The number of aromatic nitrogens is 1. The highest BCUT2D eigenvalue weighted by atomic mass is 79.9. The van der Waals surface area contributed by atoms with Gasteiger partial charge in [0.15, 0.2) is 0 Å². The van der Waals surface area contributed by atoms with E-state index in [1.165, 1.54) is 0 Å². The third-order valence-electron chi connectivity index (χ3n) is 3.47. The van der Waals surface area contributed by atoms with Crippen molar-refractivity contribution in [2.45, 2.75) is 32.7 Å². The number of halogens is 1. The number of amides is 3. The van der Waals surface area contributed by atoms with Crippen LogP contribution in [0.4, 0.5) is 10.6 Å². The third-order valence-corrected chi connectivity index (χ3v) is 3.94. The first-order valence-electron chi connectivity index (χ1n) is 7.43. The zero-order chi connectivity index (χ0) is 16.1. The second-order valence-electron chi connectivity index (χ2n) is 5.74. The molecule has 0 saturated carbocycles. The van der Waals surface area contributed by atoms with Gasteiger partial charge in [0.1, 0.15) is 5.82 Å². The van der Waals surface area contributed by atoms with Crippen molar-refractivity contribution in [2.24, 2.45) is 5.92 Å². The van der Waals surface area contributed by atoms with Gasteiger partial charge in [-0.2, -0.15) is 0 Å². The van der Waals surface area contributed by atoms with E-state index in [-0.39, 0.29) is 23.9 Å². The third kappa shape index (κ3) is 4.69. The van der Waals surface area contributed by atoms with Gasteiger partial charge in [-0.25, -0.2) is 9.78 Å². The average Bonchev–Trinajstić information content (AvgIpc) is 2.49. The Morgan fingerprint density at radius 3 is 2.82 bits per heavy atom. The normalized spacial score (nSPS) is 18.2. The van der Waals surface area contributed by atoms with Gasteiger partial charge in [-0.1, -0.05) is 0 Å². The fraction of sp³-hybridized carbons (Fsp3) is 0.533. The number of anilines is 1. The van der Waals surface area contributed by atoms with Gasteiger partial charge in [0, 0.05) is 29.8 Å². The van der Waals surface area contributed by atoms with Crippen molar-refractivity contribution < 1.29 is 9.59 Å². The van der Waals surface area contributed by atoms with Gasteiger partial charge < -0.3 is 15.5 Å². The van der Waals surface area contributed by atoms with E-state index in [9.17, 15) is 9.59 Å². The molecule has 6 nitrogen and oxygen atoms in total. The molecule has 2 heterocycles. The minimum absolute atomic E-state index is 0.0862. The van der Waals surface area contributed by atoms with Gasteiger partial charge >= 0.3 is 6.03 Å². The van der Waals surface area contributed by atoms with E-state index in [0.717, 1.165) is 17.3 Å². The van der Waals surface area contributed by atoms with Crippen molar-refractivity contribution in [3.63, 3.8) is 0 Å². The summed E-state index contributed by atoms with van der Waals surface area (Å²) in [7, 11) is 0. The quantitative estimate of drug-likeness (QED) is 0.860. The molecule has 0 bridgehead atoms. The summed E-state index contributed by atoms with van der Waals surface area (Å²) in [6.45, 7) is 4.98. The number of likely N-dealkylation sites (tertiary alicyclic amines) is 1. The van der Waals surface area contributed by atoms with E-state index in [1.54, 1.807) is 17.2 Å². The highest BCUT2D eigenvalue weighted by Gasteiger charge is 2.28. The molecule has 0 aromatic carbocycles. The Morgan fingerprint density at radius 2 is 2.18 bits per heavy atom. The lowest BCUT2D eigenvalue weighted by molar-refractivity contribution is -0.121. The number of rotatable bonds is 3. The van der Waals surface area contributed by atoms with Gasteiger partial charge in [0.25, 0.3) is 0 Å².